The van der Waals surface area contributed by atoms with E-state index in [2.05, 4.69) is 5.32 Å². The fraction of sp³-hybridized carbons (Fsp3) is 0.438. The van der Waals surface area contributed by atoms with Gasteiger partial charge in [-0.3, -0.25) is 4.99 Å². The van der Waals surface area contributed by atoms with Crippen molar-refractivity contribution in [3.63, 3.8) is 0 Å². The minimum Gasteiger partial charge on any atom is -0.497 e. The molecule has 3 N–H and O–H groups in total. The van der Waals surface area contributed by atoms with Crippen LogP contribution in [0.15, 0.2) is 47.2 Å². The molecule has 46 heavy (non-hydrogen) atoms. The number of likely N-dealkylation sites (tertiary alicyclic amines) is 1. The smallest absolute Gasteiger partial charge is 0.226 e. The lowest BCUT2D eigenvalue weighted by molar-refractivity contribution is 0.0871. The number of allylic oxidation sites excluding steroid dienone is 1. The summed E-state index contributed by atoms with van der Waals surface area (Å²) in [6.07, 6.45) is 3.94. The van der Waals surface area contributed by atoms with E-state index in [-0.39, 0.29) is 30.7 Å². The third-order valence-electron chi connectivity index (χ3n) is 8.40. The number of benzene rings is 2. The minimum absolute atomic E-state index is 0.0542. The third kappa shape index (κ3) is 6.48. The Morgan fingerprint density at radius 1 is 1.09 bits per heavy atom. The Labute approximate surface area is 265 Å². The second kappa shape index (κ2) is 13.7. The molecule has 4 heterocycles. The number of hydrogen-bond acceptors (Lipinski definition) is 11. The van der Waals surface area contributed by atoms with E-state index in [0.29, 0.717) is 71.8 Å². The third-order valence-corrected chi connectivity index (χ3v) is 8.40. The summed E-state index contributed by atoms with van der Waals surface area (Å²) in [4.78, 5) is 16.2. The summed E-state index contributed by atoms with van der Waals surface area (Å²) in [5, 5.41) is 8.57. The van der Waals surface area contributed by atoms with E-state index in [9.17, 15) is 4.39 Å². The number of hydrogen-bond donors (Lipinski definition) is 2. The number of alkyl halides is 1. The predicted molar refractivity (Wildman–Crippen MR) is 170 cm³/mol. The number of ether oxygens (including phenoxy) is 4. The molecule has 0 saturated carbocycles. The molecule has 2 atom stereocenters. The number of aliphatic imine (C=N–C) groups is 1. The van der Waals surface area contributed by atoms with E-state index in [1.807, 2.05) is 17.0 Å². The maximum Gasteiger partial charge on any atom is 0.226 e. The van der Waals surface area contributed by atoms with Crippen molar-refractivity contribution in [2.75, 3.05) is 52.9 Å². The fourth-order valence-electron chi connectivity index (χ4n) is 5.92. The van der Waals surface area contributed by atoms with Gasteiger partial charge in [-0.15, -0.1) is 5.10 Å². The zero-order valence-corrected chi connectivity index (χ0v) is 26.1. The fourth-order valence-corrected chi connectivity index (χ4v) is 5.92. The topological polar surface area (TPSA) is 134 Å². The van der Waals surface area contributed by atoms with Crippen molar-refractivity contribution < 1.29 is 27.7 Å². The van der Waals surface area contributed by atoms with Crippen molar-refractivity contribution in [1.29, 1.82) is 0 Å². The van der Waals surface area contributed by atoms with Crippen LogP contribution in [0.2, 0.25) is 0 Å². The lowest BCUT2D eigenvalue weighted by Crippen LogP contribution is -2.41. The first kappa shape index (κ1) is 31.3. The zero-order valence-electron chi connectivity index (χ0n) is 26.1. The molecule has 6 rings (SSSR count). The van der Waals surface area contributed by atoms with Crippen LogP contribution in [-0.4, -0.2) is 90.5 Å². The van der Waals surface area contributed by atoms with Crippen molar-refractivity contribution in [2.24, 2.45) is 10.7 Å². The number of methoxy groups -OCH3 is 3. The number of nitrogens with zero attached hydrogens (tertiary/aromatic N) is 6. The Morgan fingerprint density at radius 2 is 1.89 bits per heavy atom. The Morgan fingerprint density at radius 3 is 2.63 bits per heavy atom. The number of fused-ring (bicyclic) bond motifs is 3. The average Bonchev–Trinajstić information content (AvgIpc) is 3.54. The maximum atomic E-state index is 15.3. The van der Waals surface area contributed by atoms with Crippen molar-refractivity contribution in [3.05, 3.63) is 59.4 Å². The van der Waals surface area contributed by atoms with E-state index >= 15 is 4.39 Å². The lowest BCUT2D eigenvalue weighted by Gasteiger charge is -2.35. The molecule has 0 aliphatic carbocycles. The van der Waals surface area contributed by atoms with Gasteiger partial charge in [0.15, 0.2) is 23.0 Å². The summed E-state index contributed by atoms with van der Waals surface area (Å²) in [7, 11) is 4.57. The summed E-state index contributed by atoms with van der Waals surface area (Å²) >= 11 is 0. The van der Waals surface area contributed by atoms with Gasteiger partial charge in [0.2, 0.25) is 5.95 Å². The minimum atomic E-state index is -1.14. The molecule has 0 bridgehead atoms. The number of anilines is 1. The van der Waals surface area contributed by atoms with Gasteiger partial charge in [-0.2, -0.15) is 4.52 Å². The highest BCUT2D eigenvalue weighted by atomic mass is 19.1. The molecule has 2 saturated heterocycles. The molecule has 2 fully saturated rings. The second-order valence-corrected chi connectivity index (χ2v) is 11.3. The first-order valence-electron chi connectivity index (χ1n) is 15.2. The van der Waals surface area contributed by atoms with Crippen molar-refractivity contribution in [3.8, 4) is 17.2 Å². The Kier molecular flexibility index (Phi) is 9.33. The van der Waals surface area contributed by atoms with Crippen LogP contribution in [0.25, 0.3) is 16.6 Å². The monoisotopic (exact) mass is 636 g/mol. The number of aromatic nitrogens is 4. The van der Waals surface area contributed by atoms with E-state index in [1.165, 1.54) is 30.0 Å². The van der Waals surface area contributed by atoms with Gasteiger partial charge in [-0.05, 0) is 37.5 Å². The second-order valence-electron chi connectivity index (χ2n) is 11.3. The van der Waals surface area contributed by atoms with Crippen molar-refractivity contribution >= 4 is 28.7 Å². The highest BCUT2D eigenvalue weighted by Gasteiger charge is 2.32. The first-order chi connectivity index (χ1) is 22.4. The van der Waals surface area contributed by atoms with E-state index in [1.54, 1.807) is 26.5 Å². The van der Waals surface area contributed by atoms with Crippen LogP contribution in [0.1, 0.15) is 36.6 Å². The van der Waals surface area contributed by atoms with Crippen LogP contribution in [-0.2, 0) is 11.3 Å². The molecule has 0 radical (unpaired) electrons. The van der Waals surface area contributed by atoms with Gasteiger partial charge in [0.1, 0.15) is 17.7 Å². The van der Waals surface area contributed by atoms with E-state index in [4.69, 9.17) is 44.7 Å². The molecule has 2 aromatic heterocycles. The van der Waals surface area contributed by atoms with Gasteiger partial charge in [0, 0.05) is 74.3 Å². The largest absolute Gasteiger partial charge is 0.497 e. The number of rotatable bonds is 10. The molecule has 4 aromatic rings. The van der Waals surface area contributed by atoms with Crippen molar-refractivity contribution in [2.45, 2.75) is 43.9 Å². The quantitative estimate of drug-likeness (QED) is 0.244. The highest BCUT2D eigenvalue weighted by Crippen LogP contribution is 2.33. The van der Waals surface area contributed by atoms with Gasteiger partial charge < -0.3 is 34.9 Å². The lowest BCUT2D eigenvalue weighted by atomic mass is 9.95. The molecule has 0 amide bonds. The van der Waals surface area contributed by atoms with Gasteiger partial charge in [0.05, 0.1) is 38.6 Å². The first-order valence-corrected chi connectivity index (χ1v) is 15.2. The molecule has 14 heteroatoms. The molecule has 2 aliphatic rings. The van der Waals surface area contributed by atoms with Crippen LogP contribution < -0.4 is 25.3 Å². The molecule has 2 unspecified atom stereocenters. The van der Waals surface area contributed by atoms with Crippen LogP contribution >= 0.6 is 0 Å². The SMILES string of the molecule is COc1ccc(CNc2nc3cc(OC)c(F)cc3c3nc(C4CC(F)CN(/C(C=NC5CCOCC5)=C/N)C4)nn23)c(OC)c1. The number of piperidine rings is 1. The van der Waals surface area contributed by atoms with Crippen molar-refractivity contribution in [1.82, 2.24) is 24.5 Å². The Bertz CT molecular complexity index is 1760. The molecule has 244 valence electrons. The normalized spacial score (nSPS) is 19.7. The van der Waals surface area contributed by atoms with E-state index < -0.39 is 12.0 Å². The average molecular weight is 637 g/mol. The maximum absolute atomic E-state index is 15.3. The summed E-state index contributed by atoms with van der Waals surface area (Å²) < 4.78 is 53.3. The molecule has 0 spiro atoms. The van der Waals surface area contributed by atoms with E-state index in [0.717, 1.165) is 18.4 Å². The van der Waals surface area contributed by atoms with Crippen LogP contribution in [0.3, 0.4) is 0 Å². The number of nitrogens with two attached hydrogens (primary N) is 1. The Balaban J connectivity index is 1.34. The van der Waals surface area contributed by atoms with Gasteiger partial charge in [0.25, 0.3) is 0 Å². The van der Waals surface area contributed by atoms with Gasteiger partial charge >= 0.3 is 0 Å². The predicted octanol–water partition coefficient (Wildman–Crippen LogP) is 4.23. The summed E-state index contributed by atoms with van der Waals surface area (Å²) in [6, 6.07) is 8.52. The van der Waals surface area contributed by atoms with Gasteiger partial charge in [-0.1, -0.05) is 0 Å². The summed E-state index contributed by atoms with van der Waals surface area (Å²) in [5.74, 6) is 1.20. The molecule has 12 nitrogen and oxygen atoms in total. The molecule has 2 aliphatic heterocycles. The summed E-state index contributed by atoms with van der Waals surface area (Å²) in [6.45, 7) is 2.28. The van der Waals surface area contributed by atoms with Crippen LogP contribution in [0.5, 0.6) is 17.2 Å². The highest BCUT2D eigenvalue weighted by molar-refractivity contribution is 5.93. The number of halogens is 2. The van der Waals surface area contributed by atoms with Crippen LogP contribution in [0.4, 0.5) is 14.7 Å². The summed E-state index contributed by atoms with van der Waals surface area (Å²) in [5.41, 5.74) is 8.32. The molecular weight excluding hydrogens is 598 g/mol. The molecular formula is C32H38F2N8O4. The van der Waals surface area contributed by atoms with Crippen LogP contribution in [0, 0.1) is 5.82 Å². The number of nitrogens with one attached hydrogen (secondary N) is 1. The molecule has 2 aromatic carbocycles. The Hall–Kier alpha value is -4.72. The van der Waals surface area contributed by atoms with Gasteiger partial charge in [-0.25, -0.2) is 18.7 Å². The zero-order chi connectivity index (χ0) is 32.2. The standard InChI is InChI=1S/C32H38F2N8O4/c1-43-24-5-4-19(28(11-24)44-2)15-37-32-38-27-13-29(45-3)26(34)12-25(27)31-39-30(40-42(31)32)20-10-21(33)18-41(17-20)23(14-35)16-36-22-6-8-46-9-7-22/h4-5,11-14,16,20-22H,6-10,15,17-18,35H2,1-3H3,(H,37,38)/b23-14+,36-16?.